The van der Waals surface area contributed by atoms with Crippen molar-refractivity contribution in [1.82, 2.24) is 24.1 Å². The SMILES string of the molecule is CCn1c(=O)n(C)c2c(C)cc(N3CCOc4nc(-c5ccc(C(=O)O)nc5)ncc43)cc21. The van der Waals surface area contributed by atoms with E-state index < -0.39 is 5.97 Å². The normalized spacial score (nSPS) is 13.1. The van der Waals surface area contributed by atoms with Gasteiger partial charge in [-0.2, -0.15) is 4.98 Å². The summed E-state index contributed by atoms with van der Waals surface area (Å²) in [5.74, 6) is -0.257. The number of carboxylic acids is 1. The standard InChI is InChI=1S/C23H22N6O4/c1-4-28-17-10-15(9-13(2)19(17)27(3)23(28)32)29-7-8-33-21-18(29)12-25-20(26-21)14-5-6-16(22(30)31)24-11-14/h5-6,9-12H,4,7-8H2,1-3H3,(H,30,31). The number of benzene rings is 1. The molecule has 168 valence electrons. The summed E-state index contributed by atoms with van der Waals surface area (Å²) in [5.41, 5.74) is 4.98. The van der Waals surface area contributed by atoms with Crippen molar-refractivity contribution in [2.24, 2.45) is 7.05 Å². The highest BCUT2D eigenvalue weighted by Gasteiger charge is 2.24. The fourth-order valence-electron chi connectivity index (χ4n) is 4.29. The van der Waals surface area contributed by atoms with Crippen molar-refractivity contribution in [2.75, 3.05) is 18.1 Å². The van der Waals surface area contributed by atoms with Gasteiger partial charge in [-0.3, -0.25) is 9.13 Å². The third-order valence-corrected chi connectivity index (χ3v) is 5.86. The molecule has 0 aliphatic carbocycles. The lowest BCUT2D eigenvalue weighted by Crippen LogP contribution is -2.29. The lowest BCUT2D eigenvalue weighted by Gasteiger charge is -2.30. The summed E-state index contributed by atoms with van der Waals surface area (Å²) < 4.78 is 9.27. The zero-order valence-electron chi connectivity index (χ0n) is 18.4. The molecular formula is C23H22N6O4. The Morgan fingerprint density at radius 2 is 2.03 bits per heavy atom. The van der Waals surface area contributed by atoms with Crippen molar-refractivity contribution in [2.45, 2.75) is 20.4 Å². The number of aromatic nitrogens is 5. The molecule has 1 N–H and O–H groups in total. The molecule has 4 aromatic rings. The molecule has 0 bridgehead atoms. The molecule has 33 heavy (non-hydrogen) atoms. The van der Waals surface area contributed by atoms with E-state index in [1.165, 1.54) is 12.3 Å². The van der Waals surface area contributed by atoms with Crippen LogP contribution in [0.1, 0.15) is 23.0 Å². The van der Waals surface area contributed by atoms with Gasteiger partial charge < -0.3 is 14.7 Å². The number of anilines is 2. The molecule has 10 nitrogen and oxygen atoms in total. The van der Waals surface area contributed by atoms with Gasteiger partial charge >= 0.3 is 11.7 Å². The van der Waals surface area contributed by atoms with E-state index >= 15 is 0 Å². The lowest BCUT2D eigenvalue weighted by molar-refractivity contribution is 0.0690. The molecule has 0 atom stereocenters. The summed E-state index contributed by atoms with van der Waals surface area (Å²) in [5, 5.41) is 9.04. The Labute approximate surface area is 188 Å². The van der Waals surface area contributed by atoms with Crippen molar-refractivity contribution >= 4 is 28.4 Å². The minimum Gasteiger partial charge on any atom is -0.477 e. The van der Waals surface area contributed by atoms with Crippen molar-refractivity contribution in [3.8, 4) is 17.3 Å². The summed E-state index contributed by atoms with van der Waals surface area (Å²) in [4.78, 5) is 38.7. The first-order valence-electron chi connectivity index (χ1n) is 10.6. The Hall–Kier alpha value is -4.21. The van der Waals surface area contributed by atoms with Crippen LogP contribution in [0.5, 0.6) is 5.88 Å². The summed E-state index contributed by atoms with van der Waals surface area (Å²) in [6, 6.07) is 7.11. The highest BCUT2D eigenvalue weighted by molar-refractivity contribution is 5.86. The maximum Gasteiger partial charge on any atom is 0.354 e. The molecule has 0 saturated heterocycles. The maximum atomic E-state index is 12.6. The largest absolute Gasteiger partial charge is 0.477 e. The number of aromatic carboxylic acids is 1. The first-order chi connectivity index (χ1) is 15.9. The zero-order valence-corrected chi connectivity index (χ0v) is 18.4. The van der Waals surface area contributed by atoms with Gasteiger partial charge in [-0.25, -0.2) is 19.6 Å². The minimum absolute atomic E-state index is 0.0365. The predicted molar refractivity (Wildman–Crippen MR) is 122 cm³/mol. The van der Waals surface area contributed by atoms with Crippen LogP contribution in [-0.2, 0) is 13.6 Å². The Kier molecular flexibility index (Phi) is 4.85. The van der Waals surface area contributed by atoms with Crippen LogP contribution in [0.25, 0.3) is 22.4 Å². The summed E-state index contributed by atoms with van der Waals surface area (Å²) in [6.07, 6.45) is 3.13. The molecule has 5 rings (SSSR count). The molecule has 0 spiro atoms. The van der Waals surface area contributed by atoms with Gasteiger partial charge in [0.1, 0.15) is 18.0 Å². The minimum atomic E-state index is -1.09. The molecule has 3 aromatic heterocycles. The molecule has 0 amide bonds. The van der Waals surface area contributed by atoms with E-state index in [0.29, 0.717) is 37.0 Å². The molecule has 0 unspecified atom stereocenters. The number of carboxylic acid groups (broad SMARTS) is 1. The van der Waals surface area contributed by atoms with E-state index in [1.54, 1.807) is 28.4 Å². The number of hydrogen-bond acceptors (Lipinski definition) is 7. The third-order valence-electron chi connectivity index (χ3n) is 5.86. The summed E-state index contributed by atoms with van der Waals surface area (Å²) in [7, 11) is 1.79. The second kappa shape index (κ2) is 7.73. The second-order valence-electron chi connectivity index (χ2n) is 7.84. The van der Waals surface area contributed by atoms with E-state index in [4.69, 9.17) is 9.84 Å². The number of fused-ring (bicyclic) bond motifs is 2. The molecule has 1 aromatic carbocycles. The fraction of sp³-hybridized carbons (Fsp3) is 0.261. The molecule has 0 fully saturated rings. The number of imidazole rings is 1. The highest BCUT2D eigenvalue weighted by Crippen LogP contribution is 2.37. The van der Waals surface area contributed by atoms with Crippen LogP contribution >= 0.6 is 0 Å². The maximum absolute atomic E-state index is 12.6. The highest BCUT2D eigenvalue weighted by atomic mass is 16.5. The second-order valence-corrected chi connectivity index (χ2v) is 7.84. The van der Waals surface area contributed by atoms with Crippen LogP contribution < -0.4 is 15.3 Å². The van der Waals surface area contributed by atoms with Crippen LogP contribution in [0.4, 0.5) is 11.4 Å². The van der Waals surface area contributed by atoms with Gasteiger partial charge in [-0.1, -0.05) is 0 Å². The van der Waals surface area contributed by atoms with E-state index in [9.17, 15) is 9.59 Å². The number of carbonyl (C=O) groups is 1. The number of aryl methyl sites for hydroxylation is 3. The van der Waals surface area contributed by atoms with Crippen LogP contribution in [-0.4, -0.2) is 48.3 Å². The molecule has 0 radical (unpaired) electrons. The lowest BCUT2D eigenvalue weighted by atomic mass is 10.1. The third kappa shape index (κ3) is 3.30. The van der Waals surface area contributed by atoms with Crippen molar-refractivity contribution < 1.29 is 14.6 Å². The number of nitrogens with zero attached hydrogens (tertiary/aromatic N) is 6. The molecular weight excluding hydrogens is 424 g/mol. The van der Waals surface area contributed by atoms with Crippen LogP contribution in [0.15, 0.2) is 41.5 Å². The van der Waals surface area contributed by atoms with Gasteiger partial charge in [0.05, 0.1) is 23.8 Å². The molecule has 4 heterocycles. The Balaban J connectivity index is 1.57. The zero-order chi connectivity index (χ0) is 23.3. The average molecular weight is 446 g/mol. The van der Waals surface area contributed by atoms with E-state index in [1.807, 2.05) is 19.9 Å². The molecule has 10 heteroatoms. The van der Waals surface area contributed by atoms with Gasteiger partial charge in [-0.15, -0.1) is 0 Å². The monoisotopic (exact) mass is 446 g/mol. The molecule has 0 saturated carbocycles. The first kappa shape index (κ1) is 20.7. The summed E-state index contributed by atoms with van der Waals surface area (Å²) >= 11 is 0. The molecule has 1 aliphatic heterocycles. The fourth-order valence-corrected chi connectivity index (χ4v) is 4.29. The van der Waals surface area contributed by atoms with Gasteiger partial charge in [-0.05, 0) is 43.7 Å². The quantitative estimate of drug-likeness (QED) is 0.509. The Morgan fingerprint density at radius 3 is 2.73 bits per heavy atom. The Bertz CT molecular complexity index is 1450. The van der Waals surface area contributed by atoms with Crippen LogP contribution in [0, 0.1) is 6.92 Å². The summed E-state index contributed by atoms with van der Waals surface area (Å²) in [6.45, 7) is 5.59. The topological polar surface area (TPSA) is 115 Å². The van der Waals surface area contributed by atoms with Gasteiger partial charge in [0.2, 0.25) is 5.88 Å². The first-order valence-corrected chi connectivity index (χ1v) is 10.6. The van der Waals surface area contributed by atoms with E-state index in [0.717, 1.165) is 28.0 Å². The number of pyridine rings is 1. The smallest absolute Gasteiger partial charge is 0.354 e. The van der Waals surface area contributed by atoms with E-state index in [-0.39, 0.29) is 11.4 Å². The molecule has 1 aliphatic rings. The van der Waals surface area contributed by atoms with Crippen LogP contribution in [0.3, 0.4) is 0 Å². The van der Waals surface area contributed by atoms with Crippen LogP contribution in [0.2, 0.25) is 0 Å². The number of hydrogen-bond donors (Lipinski definition) is 1. The predicted octanol–water partition coefficient (Wildman–Crippen LogP) is 2.75. The van der Waals surface area contributed by atoms with Gasteiger partial charge in [0.25, 0.3) is 0 Å². The number of ether oxygens (including phenoxy) is 1. The van der Waals surface area contributed by atoms with Crippen molar-refractivity contribution in [3.05, 3.63) is 58.4 Å². The van der Waals surface area contributed by atoms with Gasteiger partial charge in [0.15, 0.2) is 5.82 Å². The van der Waals surface area contributed by atoms with Crippen molar-refractivity contribution in [1.29, 1.82) is 0 Å². The van der Waals surface area contributed by atoms with E-state index in [2.05, 4.69) is 25.9 Å². The average Bonchev–Trinajstić information content (AvgIpc) is 3.07. The van der Waals surface area contributed by atoms with Crippen molar-refractivity contribution in [3.63, 3.8) is 0 Å². The van der Waals surface area contributed by atoms with Gasteiger partial charge in [0, 0.05) is 31.0 Å². The Morgan fingerprint density at radius 1 is 1.21 bits per heavy atom. The number of rotatable bonds is 4.